The topological polar surface area (TPSA) is 96.7 Å². The molecule has 164 valence electrons. The maximum atomic E-state index is 13.0. The van der Waals surface area contributed by atoms with Crippen molar-refractivity contribution in [2.75, 3.05) is 18.0 Å². The molecule has 10 heteroatoms. The molecule has 0 bridgehead atoms. The van der Waals surface area contributed by atoms with Crippen LogP contribution in [0.25, 0.3) is 5.65 Å². The van der Waals surface area contributed by atoms with E-state index in [1.165, 1.54) is 17.5 Å². The molecule has 0 saturated carbocycles. The number of nitrogens with zero attached hydrogens (tertiary/aromatic N) is 4. The SMILES string of the molecule is O=C(NCc1ccc(S(=O)(=O)c2cnc(N3CCCC3)s2)cc1)c1ccc2nccn2c1. The zero-order valence-electron chi connectivity index (χ0n) is 17.1. The lowest BCUT2D eigenvalue weighted by Crippen LogP contribution is -2.23. The Morgan fingerprint density at radius 3 is 2.62 bits per heavy atom. The summed E-state index contributed by atoms with van der Waals surface area (Å²) in [6, 6.07) is 10.1. The van der Waals surface area contributed by atoms with Gasteiger partial charge in [0.1, 0.15) is 9.86 Å². The summed E-state index contributed by atoms with van der Waals surface area (Å²) in [4.78, 5) is 23.3. The minimum Gasteiger partial charge on any atom is -0.348 e. The van der Waals surface area contributed by atoms with Crippen molar-refractivity contribution in [1.29, 1.82) is 0 Å². The third kappa shape index (κ3) is 3.98. The number of aromatic nitrogens is 3. The molecule has 4 heterocycles. The standard InChI is InChI=1S/C22H21N5O3S2/c28-21(17-5-8-19-23-9-12-27(19)15-17)24-13-16-3-6-18(7-4-16)32(29,30)20-14-25-22(31-20)26-10-1-2-11-26/h3-9,12,14-15H,1-2,10-11,13H2,(H,24,28). The summed E-state index contributed by atoms with van der Waals surface area (Å²) in [5.74, 6) is -0.212. The van der Waals surface area contributed by atoms with Crippen LogP contribution in [0.4, 0.5) is 5.13 Å². The van der Waals surface area contributed by atoms with Crippen LogP contribution in [-0.4, -0.2) is 41.8 Å². The molecule has 32 heavy (non-hydrogen) atoms. The van der Waals surface area contributed by atoms with E-state index in [4.69, 9.17) is 0 Å². The van der Waals surface area contributed by atoms with E-state index in [9.17, 15) is 13.2 Å². The number of hydrogen-bond donors (Lipinski definition) is 1. The number of amides is 1. The normalized spacial score (nSPS) is 14.2. The first-order valence-electron chi connectivity index (χ1n) is 10.3. The van der Waals surface area contributed by atoms with Gasteiger partial charge in [0.05, 0.1) is 16.7 Å². The van der Waals surface area contributed by atoms with Gasteiger partial charge in [0.15, 0.2) is 5.13 Å². The van der Waals surface area contributed by atoms with Gasteiger partial charge < -0.3 is 14.6 Å². The van der Waals surface area contributed by atoms with E-state index in [-0.39, 0.29) is 15.0 Å². The number of carbonyl (C=O) groups excluding carboxylic acids is 1. The Kier molecular flexibility index (Phi) is 5.40. The first-order chi connectivity index (χ1) is 15.5. The van der Waals surface area contributed by atoms with E-state index in [1.54, 1.807) is 59.4 Å². The number of pyridine rings is 1. The molecular formula is C22H21N5O3S2. The van der Waals surface area contributed by atoms with Gasteiger partial charge in [-0.2, -0.15) is 0 Å². The van der Waals surface area contributed by atoms with Crippen LogP contribution in [0.1, 0.15) is 28.8 Å². The van der Waals surface area contributed by atoms with E-state index in [0.29, 0.717) is 12.1 Å². The van der Waals surface area contributed by atoms with E-state index < -0.39 is 9.84 Å². The minimum atomic E-state index is -3.62. The molecule has 0 atom stereocenters. The van der Waals surface area contributed by atoms with E-state index in [1.807, 2.05) is 0 Å². The average Bonchev–Trinajstić information content (AvgIpc) is 3.58. The fourth-order valence-electron chi connectivity index (χ4n) is 3.67. The van der Waals surface area contributed by atoms with Gasteiger partial charge in [0.25, 0.3) is 5.91 Å². The summed E-state index contributed by atoms with van der Waals surface area (Å²) < 4.78 is 28.0. The van der Waals surface area contributed by atoms with Crippen molar-refractivity contribution in [3.8, 4) is 0 Å². The molecule has 4 aromatic rings. The Balaban J connectivity index is 1.25. The lowest BCUT2D eigenvalue weighted by atomic mass is 10.2. The van der Waals surface area contributed by atoms with Gasteiger partial charge in [-0.25, -0.2) is 18.4 Å². The summed E-state index contributed by atoms with van der Waals surface area (Å²) in [6.45, 7) is 2.13. The third-order valence-corrected chi connectivity index (χ3v) is 8.74. The van der Waals surface area contributed by atoms with Crippen LogP contribution in [0.15, 0.2) is 70.3 Å². The number of rotatable bonds is 6. The van der Waals surface area contributed by atoms with Crippen LogP contribution in [0.5, 0.6) is 0 Å². The molecule has 1 N–H and O–H groups in total. The number of nitrogens with one attached hydrogen (secondary N) is 1. The van der Waals surface area contributed by atoms with Crippen molar-refractivity contribution in [2.24, 2.45) is 0 Å². The first kappa shape index (κ1) is 20.7. The van der Waals surface area contributed by atoms with Crippen LogP contribution >= 0.6 is 11.3 Å². The predicted octanol–water partition coefficient (Wildman–Crippen LogP) is 3.15. The molecule has 1 saturated heterocycles. The van der Waals surface area contributed by atoms with Crippen molar-refractivity contribution < 1.29 is 13.2 Å². The van der Waals surface area contributed by atoms with Crippen molar-refractivity contribution in [3.05, 3.63) is 72.3 Å². The Morgan fingerprint density at radius 1 is 1.06 bits per heavy atom. The molecule has 0 radical (unpaired) electrons. The molecule has 1 aliphatic heterocycles. The Bertz CT molecular complexity index is 1370. The molecule has 1 fully saturated rings. The zero-order valence-corrected chi connectivity index (χ0v) is 18.8. The van der Waals surface area contributed by atoms with Gasteiger partial charge in [0, 0.05) is 38.2 Å². The number of hydrogen-bond acceptors (Lipinski definition) is 7. The quantitative estimate of drug-likeness (QED) is 0.468. The van der Waals surface area contributed by atoms with Crippen LogP contribution < -0.4 is 10.2 Å². The highest BCUT2D eigenvalue weighted by Gasteiger charge is 2.23. The number of carbonyl (C=O) groups is 1. The minimum absolute atomic E-state index is 0.212. The van der Waals surface area contributed by atoms with Crippen LogP contribution in [0.2, 0.25) is 0 Å². The molecule has 0 unspecified atom stereocenters. The van der Waals surface area contributed by atoms with Crippen LogP contribution in [-0.2, 0) is 16.4 Å². The van der Waals surface area contributed by atoms with Crippen molar-refractivity contribution >= 4 is 37.9 Å². The second-order valence-electron chi connectivity index (χ2n) is 7.60. The van der Waals surface area contributed by atoms with E-state index >= 15 is 0 Å². The van der Waals surface area contributed by atoms with Gasteiger partial charge in [-0.1, -0.05) is 23.5 Å². The van der Waals surface area contributed by atoms with Crippen molar-refractivity contribution in [2.45, 2.75) is 28.5 Å². The van der Waals surface area contributed by atoms with Gasteiger partial charge in [-0.15, -0.1) is 0 Å². The number of imidazole rings is 1. The lowest BCUT2D eigenvalue weighted by molar-refractivity contribution is 0.0950. The number of benzene rings is 1. The molecule has 3 aromatic heterocycles. The largest absolute Gasteiger partial charge is 0.348 e. The highest BCUT2D eigenvalue weighted by molar-refractivity contribution is 7.93. The fourth-order valence-corrected chi connectivity index (χ4v) is 6.24. The summed E-state index contributed by atoms with van der Waals surface area (Å²) >= 11 is 1.21. The molecule has 0 spiro atoms. The summed E-state index contributed by atoms with van der Waals surface area (Å²) in [5, 5.41) is 3.62. The van der Waals surface area contributed by atoms with E-state index in [2.05, 4.69) is 20.2 Å². The smallest absolute Gasteiger partial charge is 0.253 e. The van der Waals surface area contributed by atoms with Crippen LogP contribution in [0, 0.1) is 0 Å². The molecule has 8 nitrogen and oxygen atoms in total. The molecular weight excluding hydrogens is 446 g/mol. The zero-order chi connectivity index (χ0) is 22.1. The van der Waals surface area contributed by atoms with Gasteiger partial charge in [-0.05, 0) is 42.7 Å². The molecule has 5 rings (SSSR count). The second-order valence-corrected chi connectivity index (χ2v) is 10.8. The Morgan fingerprint density at radius 2 is 1.84 bits per heavy atom. The Labute approximate surface area is 189 Å². The summed E-state index contributed by atoms with van der Waals surface area (Å²) in [7, 11) is -3.62. The highest BCUT2D eigenvalue weighted by Crippen LogP contribution is 2.32. The summed E-state index contributed by atoms with van der Waals surface area (Å²) in [6.07, 6.45) is 8.84. The highest BCUT2D eigenvalue weighted by atomic mass is 32.2. The fraction of sp³-hybridized carbons (Fsp3) is 0.227. The van der Waals surface area contributed by atoms with Crippen LogP contribution in [0.3, 0.4) is 0 Å². The number of sulfone groups is 1. The summed E-state index contributed by atoms with van der Waals surface area (Å²) in [5.41, 5.74) is 2.10. The first-order valence-corrected chi connectivity index (χ1v) is 12.6. The molecule has 1 aromatic carbocycles. The monoisotopic (exact) mass is 467 g/mol. The Hall–Kier alpha value is -3.24. The number of thiazole rings is 1. The molecule has 1 aliphatic rings. The predicted molar refractivity (Wildman–Crippen MR) is 122 cm³/mol. The third-order valence-electron chi connectivity index (χ3n) is 5.45. The molecule has 1 amide bonds. The number of fused-ring (bicyclic) bond motifs is 1. The number of anilines is 1. The maximum Gasteiger partial charge on any atom is 0.253 e. The van der Waals surface area contributed by atoms with E-state index in [0.717, 1.165) is 42.3 Å². The van der Waals surface area contributed by atoms with Gasteiger partial charge in [0.2, 0.25) is 9.84 Å². The second kappa shape index (κ2) is 8.36. The van der Waals surface area contributed by atoms with Crippen molar-refractivity contribution in [3.63, 3.8) is 0 Å². The average molecular weight is 468 g/mol. The lowest BCUT2D eigenvalue weighted by Gasteiger charge is -2.12. The van der Waals surface area contributed by atoms with Crippen molar-refractivity contribution in [1.82, 2.24) is 19.7 Å². The molecule has 0 aliphatic carbocycles. The van der Waals surface area contributed by atoms with Gasteiger partial charge in [-0.3, -0.25) is 4.79 Å². The van der Waals surface area contributed by atoms with Gasteiger partial charge >= 0.3 is 0 Å². The maximum absolute atomic E-state index is 13.0.